The highest BCUT2D eigenvalue weighted by molar-refractivity contribution is 7.89. The summed E-state index contributed by atoms with van der Waals surface area (Å²) in [5, 5.41) is 2.84. The lowest BCUT2D eigenvalue weighted by Crippen LogP contribution is -2.26. The maximum absolute atomic E-state index is 12.2. The summed E-state index contributed by atoms with van der Waals surface area (Å²) in [4.78, 5) is 12.3. The third-order valence-electron chi connectivity index (χ3n) is 3.28. The quantitative estimate of drug-likeness (QED) is 0.757. The van der Waals surface area contributed by atoms with Crippen molar-refractivity contribution >= 4 is 15.9 Å². The Morgan fingerprint density at radius 1 is 1.29 bits per heavy atom. The van der Waals surface area contributed by atoms with E-state index in [1.54, 1.807) is 13.0 Å². The van der Waals surface area contributed by atoms with Crippen LogP contribution in [0.15, 0.2) is 23.1 Å². The first-order valence-electron chi connectivity index (χ1n) is 7.10. The van der Waals surface area contributed by atoms with Gasteiger partial charge in [0.15, 0.2) is 0 Å². The molecule has 1 aromatic rings. The van der Waals surface area contributed by atoms with Crippen LogP contribution in [0, 0.1) is 12.8 Å². The molecule has 0 aliphatic carbocycles. The molecule has 0 fully saturated rings. The van der Waals surface area contributed by atoms with Crippen LogP contribution < -0.4 is 10.0 Å². The number of carbonyl (C=O) groups excluding carboxylic acids is 1. The Hall–Kier alpha value is -1.40. The third-order valence-corrected chi connectivity index (χ3v) is 4.69. The number of amides is 1. The summed E-state index contributed by atoms with van der Waals surface area (Å²) in [6, 6.07) is 4.56. The average Bonchev–Trinajstić information content (AvgIpc) is 2.43. The summed E-state index contributed by atoms with van der Waals surface area (Å²) in [6.45, 7) is 6.66. The van der Waals surface area contributed by atoms with E-state index < -0.39 is 10.0 Å². The monoisotopic (exact) mass is 312 g/mol. The number of carbonyl (C=O) groups is 1. The standard InChI is InChI=1S/C15H24N2O3S/c1-11(2)6-5-9-17-15(18)14-10-13(8-7-12(14)3)21(19,20)16-4/h7-8,10-11,16H,5-6,9H2,1-4H3,(H,17,18). The zero-order chi connectivity index (χ0) is 16.0. The normalized spacial score (nSPS) is 11.7. The van der Waals surface area contributed by atoms with Gasteiger partial charge in [0, 0.05) is 12.1 Å². The second kappa shape index (κ2) is 7.56. The van der Waals surface area contributed by atoms with Crippen LogP contribution in [0.2, 0.25) is 0 Å². The van der Waals surface area contributed by atoms with E-state index in [1.807, 2.05) is 0 Å². The Morgan fingerprint density at radius 3 is 2.52 bits per heavy atom. The van der Waals surface area contributed by atoms with E-state index in [0.29, 0.717) is 18.0 Å². The first kappa shape index (κ1) is 17.7. The number of sulfonamides is 1. The van der Waals surface area contributed by atoms with Crippen LogP contribution in [0.25, 0.3) is 0 Å². The summed E-state index contributed by atoms with van der Waals surface area (Å²) >= 11 is 0. The van der Waals surface area contributed by atoms with Crippen LogP contribution in [-0.4, -0.2) is 27.9 Å². The first-order chi connectivity index (χ1) is 9.77. The van der Waals surface area contributed by atoms with Crippen molar-refractivity contribution < 1.29 is 13.2 Å². The van der Waals surface area contributed by atoms with Crippen molar-refractivity contribution in [1.82, 2.24) is 10.0 Å². The van der Waals surface area contributed by atoms with Crippen LogP contribution in [0.1, 0.15) is 42.6 Å². The minimum atomic E-state index is -3.54. The number of benzene rings is 1. The van der Waals surface area contributed by atoms with Crippen molar-refractivity contribution in [2.75, 3.05) is 13.6 Å². The van der Waals surface area contributed by atoms with Crippen molar-refractivity contribution in [2.24, 2.45) is 5.92 Å². The predicted octanol–water partition coefficient (Wildman–Crippen LogP) is 2.07. The van der Waals surface area contributed by atoms with Crippen molar-refractivity contribution in [2.45, 2.75) is 38.5 Å². The van der Waals surface area contributed by atoms with E-state index in [1.165, 1.54) is 19.2 Å². The lowest BCUT2D eigenvalue weighted by Gasteiger charge is -2.10. The fourth-order valence-corrected chi connectivity index (χ4v) is 2.69. The largest absolute Gasteiger partial charge is 0.352 e. The van der Waals surface area contributed by atoms with Gasteiger partial charge in [0.2, 0.25) is 10.0 Å². The zero-order valence-electron chi connectivity index (χ0n) is 13.1. The number of nitrogens with one attached hydrogen (secondary N) is 2. The second-order valence-electron chi connectivity index (χ2n) is 5.48. The van der Waals surface area contributed by atoms with Crippen LogP contribution in [0.4, 0.5) is 0 Å². The molecule has 1 aromatic carbocycles. The van der Waals surface area contributed by atoms with E-state index in [4.69, 9.17) is 0 Å². The minimum Gasteiger partial charge on any atom is -0.352 e. The van der Waals surface area contributed by atoms with Gasteiger partial charge in [0.1, 0.15) is 0 Å². The second-order valence-corrected chi connectivity index (χ2v) is 7.36. The van der Waals surface area contributed by atoms with E-state index in [2.05, 4.69) is 23.9 Å². The molecule has 0 aromatic heterocycles. The van der Waals surface area contributed by atoms with Gasteiger partial charge in [-0.3, -0.25) is 4.79 Å². The molecule has 0 radical (unpaired) electrons. The summed E-state index contributed by atoms with van der Waals surface area (Å²) in [5.74, 6) is 0.372. The van der Waals surface area contributed by atoms with Gasteiger partial charge >= 0.3 is 0 Å². The topological polar surface area (TPSA) is 75.3 Å². The molecule has 0 saturated heterocycles. The lowest BCUT2D eigenvalue weighted by molar-refractivity contribution is 0.0951. The van der Waals surface area contributed by atoms with Gasteiger partial charge in [-0.2, -0.15) is 0 Å². The van der Waals surface area contributed by atoms with Gasteiger partial charge in [-0.1, -0.05) is 19.9 Å². The SMILES string of the molecule is CNS(=O)(=O)c1ccc(C)c(C(=O)NCCCC(C)C)c1. The Morgan fingerprint density at radius 2 is 1.95 bits per heavy atom. The first-order valence-corrected chi connectivity index (χ1v) is 8.58. The van der Waals surface area contributed by atoms with Crippen LogP contribution in [-0.2, 0) is 10.0 Å². The highest BCUT2D eigenvalue weighted by Gasteiger charge is 2.16. The molecule has 0 bridgehead atoms. The van der Waals surface area contributed by atoms with Gasteiger partial charge in [-0.05, 0) is 50.4 Å². The van der Waals surface area contributed by atoms with Gasteiger partial charge in [-0.25, -0.2) is 13.1 Å². The van der Waals surface area contributed by atoms with Gasteiger partial charge in [-0.15, -0.1) is 0 Å². The Labute approximate surface area is 127 Å². The molecule has 118 valence electrons. The fraction of sp³-hybridized carbons (Fsp3) is 0.533. The molecule has 1 rings (SSSR count). The van der Waals surface area contributed by atoms with Crippen molar-refractivity contribution in [3.63, 3.8) is 0 Å². The Balaban J connectivity index is 2.82. The molecule has 0 unspecified atom stereocenters. The average molecular weight is 312 g/mol. The van der Waals surface area contributed by atoms with Crippen LogP contribution >= 0.6 is 0 Å². The molecular formula is C15H24N2O3S. The molecule has 0 heterocycles. The van der Waals surface area contributed by atoms with E-state index in [0.717, 1.165) is 18.4 Å². The molecule has 5 nitrogen and oxygen atoms in total. The molecule has 0 spiro atoms. The molecule has 0 atom stereocenters. The molecule has 6 heteroatoms. The van der Waals surface area contributed by atoms with Gasteiger partial charge in [0.05, 0.1) is 4.90 Å². The summed E-state index contributed by atoms with van der Waals surface area (Å²) in [5.41, 5.74) is 1.15. The lowest BCUT2D eigenvalue weighted by atomic mass is 10.1. The summed E-state index contributed by atoms with van der Waals surface area (Å²) in [6.07, 6.45) is 1.96. The Bertz CT molecular complexity index is 595. The fourth-order valence-electron chi connectivity index (χ4n) is 1.94. The predicted molar refractivity (Wildman–Crippen MR) is 83.8 cm³/mol. The highest BCUT2D eigenvalue weighted by Crippen LogP contribution is 2.15. The minimum absolute atomic E-state index is 0.0999. The van der Waals surface area contributed by atoms with Crippen LogP contribution in [0.5, 0.6) is 0 Å². The number of aryl methyl sites for hydroxylation is 1. The van der Waals surface area contributed by atoms with Gasteiger partial charge in [0.25, 0.3) is 5.91 Å². The zero-order valence-corrected chi connectivity index (χ0v) is 13.9. The molecule has 0 aliphatic rings. The number of hydrogen-bond donors (Lipinski definition) is 2. The molecule has 1 amide bonds. The molecule has 0 aliphatic heterocycles. The molecular weight excluding hydrogens is 288 g/mol. The highest BCUT2D eigenvalue weighted by atomic mass is 32.2. The smallest absolute Gasteiger partial charge is 0.251 e. The van der Waals surface area contributed by atoms with Crippen molar-refractivity contribution in [3.8, 4) is 0 Å². The van der Waals surface area contributed by atoms with Gasteiger partial charge < -0.3 is 5.32 Å². The maximum atomic E-state index is 12.2. The van der Waals surface area contributed by atoms with E-state index >= 15 is 0 Å². The third kappa shape index (κ3) is 5.13. The maximum Gasteiger partial charge on any atom is 0.251 e. The number of rotatable bonds is 7. The van der Waals surface area contributed by atoms with E-state index in [-0.39, 0.29) is 10.8 Å². The summed E-state index contributed by atoms with van der Waals surface area (Å²) in [7, 11) is -2.19. The summed E-state index contributed by atoms with van der Waals surface area (Å²) < 4.78 is 25.8. The van der Waals surface area contributed by atoms with E-state index in [9.17, 15) is 13.2 Å². The molecule has 2 N–H and O–H groups in total. The van der Waals surface area contributed by atoms with Crippen molar-refractivity contribution in [1.29, 1.82) is 0 Å². The molecule has 21 heavy (non-hydrogen) atoms. The Kier molecular flexibility index (Phi) is 6.36. The van der Waals surface area contributed by atoms with Crippen molar-refractivity contribution in [3.05, 3.63) is 29.3 Å². The number of hydrogen-bond acceptors (Lipinski definition) is 3. The molecule has 0 saturated carbocycles. The van der Waals surface area contributed by atoms with Crippen LogP contribution in [0.3, 0.4) is 0 Å².